The summed E-state index contributed by atoms with van der Waals surface area (Å²) in [5.41, 5.74) is -0.0859. The highest BCUT2D eigenvalue weighted by Gasteiger charge is 2.27. The molecule has 10 heteroatoms. The van der Waals surface area contributed by atoms with E-state index in [4.69, 9.17) is 9.47 Å². The van der Waals surface area contributed by atoms with Crippen molar-refractivity contribution in [3.05, 3.63) is 47.5 Å². The van der Waals surface area contributed by atoms with Gasteiger partial charge in [0.2, 0.25) is 0 Å². The van der Waals surface area contributed by atoms with Gasteiger partial charge >= 0.3 is 0 Å². The molecule has 0 amide bonds. The Bertz CT molecular complexity index is 887. The van der Waals surface area contributed by atoms with Crippen LogP contribution < -0.4 is 14.2 Å². The Morgan fingerprint density at radius 2 is 1.50 bits per heavy atom. The Kier molecular flexibility index (Phi) is 4.88. The van der Waals surface area contributed by atoms with Crippen molar-refractivity contribution in [3.63, 3.8) is 0 Å². The number of hydrogen-bond donors (Lipinski definition) is 1. The summed E-state index contributed by atoms with van der Waals surface area (Å²) >= 11 is 0. The molecule has 24 heavy (non-hydrogen) atoms. The molecule has 2 rings (SSSR count). The van der Waals surface area contributed by atoms with Gasteiger partial charge in [-0.25, -0.2) is 26.0 Å². The molecular formula is C14H11F4NO4S. The summed E-state index contributed by atoms with van der Waals surface area (Å²) in [4.78, 5) is -1.37. The van der Waals surface area contributed by atoms with Gasteiger partial charge in [-0.2, -0.15) is 0 Å². The average Bonchev–Trinajstić information content (AvgIpc) is 2.55. The molecule has 0 unspecified atom stereocenters. The van der Waals surface area contributed by atoms with Crippen LogP contribution in [0.15, 0.2) is 29.2 Å². The lowest BCUT2D eigenvalue weighted by Gasteiger charge is -2.12. The molecule has 130 valence electrons. The van der Waals surface area contributed by atoms with Crippen molar-refractivity contribution in [3.8, 4) is 11.5 Å². The van der Waals surface area contributed by atoms with Gasteiger partial charge in [-0.3, -0.25) is 4.72 Å². The van der Waals surface area contributed by atoms with Gasteiger partial charge in [-0.1, -0.05) is 0 Å². The van der Waals surface area contributed by atoms with Crippen LogP contribution in [0.1, 0.15) is 0 Å². The van der Waals surface area contributed by atoms with Crippen molar-refractivity contribution in [1.29, 1.82) is 0 Å². The van der Waals surface area contributed by atoms with Crippen LogP contribution in [0.2, 0.25) is 0 Å². The van der Waals surface area contributed by atoms with Crippen molar-refractivity contribution >= 4 is 15.7 Å². The number of nitrogens with one attached hydrogen (secondary N) is 1. The number of ether oxygens (including phenoxy) is 2. The number of sulfonamides is 1. The molecule has 0 bridgehead atoms. The lowest BCUT2D eigenvalue weighted by atomic mass is 10.3. The predicted octanol–water partition coefficient (Wildman–Crippen LogP) is 3.06. The van der Waals surface area contributed by atoms with Crippen LogP contribution in [0.3, 0.4) is 0 Å². The van der Waals surface area contributed by atoms with E-state index in [1.807, 2.05) is 4.72 Å². The van der Waals surface area contributed by atoms with Gasteiger partial charge in [0.25, 0.3) is 10.0 Å². The zero-order chi connectivity index (χ0) is 18.1. The first-order valence-corrected chi connectivity index (χ1v) is 7.77. The smallest absolute Gasteiger partial charge is 0.265 e. The predicted molar refractivity (Wildman–Crippen MR) is 76.6 cm³/mol. The highest BCUT2D eigenvalue weighted by atomic mass is 32.2. The summed E-state index contributed by atoms with van der Waals surface area (Å²) in [6, 6.07) is 3.88. The Labute approximate surface area is 134 Å². The molecule has 1 N–H and O–H groups in total. The molecule has 0 atom stereocenters. The van der Waals surface area contributed by atoms with Gasteiger partial charge in [-0.05, 0) is 12.1 Å². The number of halogens is 4. The molecule has 0 heterocycles. The van der Waals surface area contributed by atoms with E-state index in [1.165, 1.54) is 32.4 Å². The third-order valence-electron chi connectivity index (χ3n) is 2.99. The second-order valence-corrected chi connectivity index (χ2v) is 6.12. The van der Waals surface area contributed by atoms with E-state index in [0.717, 1.165) is 0 Å². The van der Waals surface area contributed by atoms with Crippen molar-refractivity contribution in [2.24, 2.45) is 0 Å². The van der Waals surface area contributed by atoms with Gasteiger partial charge in [-0.15, -0.1) is 0 Å². The maximum absolute atomic E-state index is 13.7. The van der Waals surface area contributed by atoms with Gasteiger partial charge < -0.3 is 9.47 Å². The Morgan fingerprint density at radius 3 is 2.08 bits per heavy atom. The van der Waals surface area contributed by atoms with Gasteiger partial charge in [0.1, 0.15) is 4.90 Å². The Balaban J connectivity index is 2.46. The molecule has 0 aliphatic carbocycles. The van der Waals surface area contributed by atoms with Gasteiger partial charge in [0.15, 0.2) is 34.8 Å². The van der Waals surface area contributed by atoms with Crippen molar-refractivity contribution in [2.45, 2.75) is 4.90 Å². The van der Waals surface area contributed by atoms with E-state index in [1.54, 1.807) is 0 Å². The average molecular weight is 365 g/mol. The summed E-state index contributed by atoms with van der Waals surface area (Å²) in [7, 11) is -2.05. The summed E-state index contributed by atoms with van der Waals surface area (Å²) in [5, 5.41) is 0. The van der Waals surface area contributed by atoms with Crippen LogP contribution in [-0.2, 0) is 10.0 Å². The number of rotatable bonds is 5. The number of anilines is 1. The van der Waals surface area contributed by atoms with Crippen LogP contribution in [-0.4, -0.2) is 22.6 Å². The highest BCUT2D eigenvalue weighted by molar-refractivity contribution is 7.92. The van der Waals surface area contributed by atoms with Crippen molar-refractivity contribution in [1.82, 2.24) is 0 Å². The zero-order valence-corrected chi connectivity index (χ0v) is 13.2. The van der Waals surface area contributed by atoms with E-state index < -0.39 is 38.2 Å². The minimum absolute atomic E-state index is 0.0524. The fourth-order valence-electron chi connectivity index (χ4n) is 1.86. The quantitative estimate of drug-likeness (QED) is 0.503. The maximum atomic E-state index is 13.7. The standard InChI is InChI=1S/C14H11F4NO4S/c1-22-9-4-3-7(5-10(9)23-2)19-24(20,21)11-6-8(15)12(16)14(18)13(11)17/h3-6,19H,1-2H3. The first kappa shape index (κ1) is 17.9. The maximum Gasteiger partial charge on any atom is 0.265 e. The summed E-state index contributed by atoms with van der Waals surface area (Å²) in [6.45, 7) is 0. The fourth-order valence-corrected chi connectivity index (χ4v) is 2.99. The Morgan fingerprint density at radius 1 is 0.875 bits per heavy atom. The molecule has 0 fully saturated rings. The molecule has 0 saturated heterocycles. The molecular weight excluding hydrogens is 354 g/mol. The molecule has 0 aromatic heterocycles. The van der Waals surface area contributed by atoms with Crippen molar-refractivity contribution in [2.75, 3.05) is 18.9 Å². The van der Waals surface area contributed by atoms with Crippen LogP contribution >= 0.6 is 0 Å². The van der Waals surface area contributed by atoms with Gasteiger partial charge in [0, 0.05) is 12.1 Å². The molecule has 0 aliphatic rings. The highest BCUT2D eigenvalue weighted by Crippen LogP contribution is 2.31. The topological polar surface area (TPSA) is 64.6 Å². The summed E-state index contributed by atoms with van der Waals surface area (Å²) < 4.78 is 89.1. The summed E-state index contributed by atoms with van der Waals surface area (Å²) in [5.74, 6) is -7.72. The second-order valence-electron chi connectivity index (χ2n) is 4.47. The molecule has 2 aromatic rings. The summed E-state index contributed by atoms with van der Waals surface area (Å²) in [6.07, 6.45) is 0. The van der Waals surface area contributed by atoms with Crippen LogP contribution in [0, 0.1) is 23.3 Å². The number of benzene rings is 2. The fraction of sp³-hybridized carbons (Fsp3) is 0.143. The third-order valence-corrected chi connectivity index (χ3v) is 4.38. The molecule has 2 aromatic carbocycles. The normalized spacial score (nSPS) is 11.2. The van der Waals surface area contributed by atoms with Crippen LogP contribution in [0.4, 0.5) is 23.2 Å². The lowest BCUT2D eigenvalue weighted by molar-refractivity contribution is 0.355. The van der Waals surface area contributed by atoms with Crippen LogP contribution in [0.25, 0.3) is 0 Å². The first-order chi connectivity index (χ1) is 11.2. The number of methoxy groups -OCH3 is 2. The molecule has 5 nitrogen and oxygen atoms in total. The van der Waals surface area contributed by atoms with Crippen molar-refractivity contribution < 1.29 is 35.5 Å². The molecule has 0 radical (unpaired) electrons. The second kappa shape index (κ2) is 6.56. The van der Waals surface area contributed by atoms with E-state index in [2.05, 4.69) is 0 Å². The Hall–Kier alpha value is -2.49. The third kappa shape index (κ3) is 3.23. The van der Waals surface area contributed by atoms with E-state index in [-0.39, 0.29) is 17.5 Å². The minimum atomic E-state index is -4.72. The number of hydrogen-bond acceptors (Lipinski definition) is 4. The first-order valence-electron chi connectivity index (χ1n) is 6.29. The van der Waals surface area contributed by atoms with E-state index in [0.29, 0.717) is 5.75 Å². The largest absolute Gasteiger partial charge is 0.493 e. The molecule has 0 spiro atoms. The van der Waals surface area contributed by atoms with Crippen LogP contribution in [0.5, 0.6) is 11.5 Å². The SMILES string of the molecule is COc1ccc(NS(=O)(=O)c2cc(F)c(F)c(F)c2F)cc1OC. The van der Waals surface area contributed by atoms with E-state index >= 15 is 0 Å². The molecule has 0 saturated carbocycles. The zero-order valence-electron chi connectivity index (χ0n) is 12.4. The van der Waals surface area contributed by atoms with Gasteiger partial charge in [0.05, 0.1) is 19.9 Å². The minimum Gasteiger partial charge on any atom is -0.493 e. The monoisotopic (exact) mass is 365 g/mol. The lowest BCUT2D eigenvalue weighted by Crippen LogP contribution is -2.16. The molecule has 0 aliphatic heterocycles. The van der Waals surface area contributed by atoms with E-state index in [9.17, 15) is 26.0 Å².